The van der Waals surface area contributed by atoms with Crippen molar-refractivity contribution in [3.63, 3.8) is 0 Å². The first-order valence-corrected chi connectivity index (χ1v) is 10.4. The van der Waals surface area contributed by atoms with Crippen molar-refractivity contribution in [2.75, 3.05) is 5.32 Å². The summed E-state index contributed by atoms with van der Waals surface area (Å²) in [5.41, 5.74) is 2.79. The Bertz CT molecular complexity index is 1220. The van der Waals surface area contributed by atoms with Crippen molar-refractivity contribution >= 4 is 48.5 Å². The molecule has 0 spiro atoms. The van der Waals surface area contributed by atoms with Gasteiger partial charge in [0.15, 0.2) is 0 Å². The van der Waals surface area contributed by atoms with Crippen LogP contribution in [0.15, 0.2) is 76.2 Å². The van der Waals surface area contributed by atoms with Gasteiger partial charge in [0, 0.05) is 10.2 Å². The first-order valence-electron chi connectivity index (χ1n) is 8.13. The highest BCUT2D eigenvalue weighted by Crippen LogP contribution is 2.23. The summed E-state index contributed by atoms with van der Waals surface area (Å²) in [6.45, 7) is 1.91. The Labute approximate surface area is 165 Å². The second kappa shape index (κ2) is 6.79. The van der Waals surface area contributed by atoms with Crippen LogP contribution in [0.4, 0.5) is 11.5 Å². The molecule has 2 heterocycles. The summed E-state index contributed by atoms with van der Waals surface area (Å²) in [6, 6.07) is 17.8. The van der Waals surface area contributed by atoms with Crippen molar-refractivity contribution in [1.82, 2.24) is 14.2 Å². The van der Waals surface area contributed by atoms with Gasteiger partial charge < -0.3 is 5.32 Å². The van der Waals surface area contributed by atoms with Crippen LogP contribution in [0.25, 0.3) is 11.0 Å². The first-order chi connectivity index (χ1) is 12.9. The SMILES string of the molecule is Cc1ccc(S(=O)(=O)n2ncc3nc(Nc4ccc(Br)cc4)ccc32)cc1. The van der Waals surface area contributed by atoms with E-state index in [-0.39, 0.29) is 4.90 Å². The molecule has 0 fully saturated rings. The minimum atomic E-state index is -3.78. The fraction of sp³-hybridized carbons (Fsp3) is 0.0526. The summed E-state index contributed by atoms with van der Waals surface area (Å²) >= 11 is 3.40. The lowest BCUT2D eigenvalue weighted by molar-refractivity contribution is 0.582. The highest BCUT2D eigenvalue weighted by atomic mass is 79.9. The normalized spacial score (nSPS) is 11.6. The first kappa shape index (κ1) is 17.7. The Hall–Kier alpha value is -2.71. The molecule has 0 amide bonds. The summed E-state index contributed by atoms with van der Waals surface area (Å²) in [6.07, 6.45) is 1.45. The Kier molecular flexibility index (Phi) is 4.45. The number of halogens is 1. The van der Waals surface area contributed by atoms with E-state index in [1.165, 1.54) is 6.20 Å². The van der Waals surface area contributed by atoms with Gasteiger partial charge in [-0.2, -0.15) is 17.6 Å². The van der Waals surface area contributed by atoms with E-state index in [1.807, 2.05) is 31.2 Å². The topological polar surface area (TPSA) is 76.9 Å². The zero-order chi connectivity index (χ0) is 19.0. The molecule has 2 aromatic heterocycles. The molecule has 6 nitrogen and oxygen atoms in total. The molecule has 136 valence electrons. The molecule has 0 unspecified atom stereocenters. The molecule has 0 saturated heterocycles. The van der Waals surface area contributed by atoms with Gasteiger partial charge >= 0.3 is 0 Å². The Morgan fingerprint density at radius 1 is 0.963 bits per heavy atom. The highest BCUT2D eigenvalue weighted by molar-refractivity contribution is 9.10. The average molecular weight is 443 g/mol. The van der Waals surface area contributed by atoms with E-state index < -0.39 is 10.0 Å². The fourth-order valence-electron chi connectivity index (χ4n) is 2.65. The van der Waals surface area contributed by atoms with E-state index in [2.05, 4.69) is 31.3 Å². The lowest BCUT2D eigenvalue weighted by Crippen LogP contribution is -2.14. The molecule has 0 radical (unpaired) electrons. The molecule has 4 rings (SSSR count). The summed E-state index contributed by atoms with van der Waals surface area (Å²) in [7, 11) is -3.78. The summed E-state index contributed by atoms with van der Waals surface area (Å²) in [5.74, 6) is 0.608. The predicted molar refractivity (Wildman–Crippen MR) is 109 cm³/mol. The van der Waals surface area contributed by atoms with Gasteiger partial charge in [-0.1, -0.05) is 33.6 Å². The summed E-state index contributed by atoms with van der Waals surface area (Å²) in [5, 5.41) is 7.25. The van der Waals surface area contributed by atoms with E-state index in [4.69, 9.17) is 0 Å². The van der Waals surface area contributed by atoms with Crippen molar-refractivity contribution in [3.05, 3.63) is 76.9 Å². The van der Waals surface area contributed by atoms with Gasteiger partial charge in [0.1, 0.15) is 16.9 Å². The summed E-state index contributed by atoms with van der Waals surface area (Å²) in [4.78, 5) is 4.65. The minimum Gasteiger partial charge on any atom is -0.340 e. The van der Waals surface area contributed by atoms with Gasteiger partial charge in [-0.3, -0.25) is 0 Å². The number of anilines is 2. The molecule has 0 atom stereocenters. The number of aryl methyl sites for hydroxylation is 1. The molecule has 2 aromatic carbocycles. The highest BCUT2D eigenvalue weighted by Gasteiger charge is 2.20. The molecule has 0 aliphatic carbocycles. The van der Waals surface area contributed by atoms with Crippen molar-refractivity contribution in [1.29, 1.82) is 0 Å². The van der Waals surface area contributed by atoms with Crippen molar-refractivity contribution in [2.24, 2.45) is 0 Å². The second-order valence-corrected chi connectivity index (χ2v) is 8.72. The number of benzene rings is 2. The third-order valence-electron chi connectivity index (χ3n) is 4.06. The number of nitrogens with one attached hydrogen (secondary N) is 1. The maximum absolute atomic E-state index is 12.9. The molecule has 8 heteroatoms. The van der Waals surface area contributed by atoms with Crippen LogP contribution in [0.3, 0.4) is 0 Å². The third kappa shape index (κ3) is 3.45. The molecule has 0 saturated carbocycles. The maximum Gasteiger partial charge on any atom is 0.283 e. The minimum absolute atomic E-state index is 0.190. The Morgan fingerprint density at radius 3 is 2.37 bits per heavy atom. The van der Waals surface area contributed by atoms with E-state index in [9.17, 15) is 8.42 Å². The van der Waals surface area contributed by atoms with Gasteiger partial charge in [-0.15, -0.1) is 0 Å². The second-order valence-electron chi connectivity index (χ2n) is 6.04. The number of hydrogen-bond acceptors (Lipinski definition) is 5. The van der Waals surface area contributed by atoms with Crippen LogP contribution in [0.1, 0.15) is 5.56 Å². The standard InChI is InChI=1S/C19H15BrN4O2S/c1-13-2-8-16(9-3-13)27(25,26)24-18-10-11-19(23-17(18)12-21-24)22-15-6-4-14(20)5-7-15/h2-12H,1H3,(H,22,23). The lowest BCUT2D eigenvalue weighted by atomic mass is 10.2. The van der Waals surface area contributed by atoms with Gasteiger partial charge in [-0.25, -0.2) is 4.98 Å². The van der Waals surface area contributed by atoms with Crippen LogP contribution in [0.5, 0.6) is 0 Å². The average Bonchev–Trinajstić information content (AvgIpc) is 3.08. The van der Waals surface area contributed by atoms with Gasteiger partial charge in [0.25, 0.3) is 10.0 Å². The monoisotopic (exact) mass is 442 g/mol. The van der Waals surface area contributed by atoms with Crippen molar-refractivity contribution in [3.8, 4) is 0 Å². The van der Waals surface area contributed by atoms with E-state index >= 15 is 0 Å². The smallest absolute Gasteiger partial charge is 0.283 e. The Morgan fingerprint density at radius 2 is 1.67 bits per heavy atom. The zero-order valence-electron chi connectivity index (χ0n) is 14.3. The number of hydrogen-bond donors (Lipinski definition) is 1. The number of nitrogens with zero attached hydrogens (tertiary/aromatic N) is 3. The van der Waals surface area contributed by atoms with Gasteiger partial charge in [-0.05, 0) is 55.5 Å². The number of aromatic nitrogens is 3. The van der Waals surface area contributed by atoms with E-state index in [0.29, 0.717) is 16.9 Å². The van der Waals surface area contributed by atoms with Crippen LogP contribution in [-0.4, -0.2) is 22.6 Å². The van der Waals surface area contributed by atoms with E-state index in [0.717, 1.165) is 19.8 Å². The molecule has 0 aliphatic heterocycles. The summed E-state index contributed by atoms with van der Waals surface area (Å²) < 4.78 is 27.8. The largest absolute Gasteiger partial charge is 0.340 e. The Balaban J connectivity index is 1.70. The molecule has 1 N–H and O–H groups in total. The fourth-order valence-corrected chi connectivity index (χ4v) is 4.17. The molecule has 0 bridgehead atoms. The van der Waals surface area contributed by atoms with E-state index in [1.54, 1.807) is 36.4 Å². The quantitative estimate of drug-likeness (QED) is 0.503. The van der Waals surface area contributed by atoms with Crippen LogP contribution in [0.2, 0.25) is 0 Å². The zero-order valence-corrected chi connectivity index (χ0v) is 16.7. The lowest BCUT2D eigenvalue weighted by Gasteiger charge is -2.08. The van der Waals surface area contributed by atoms with Crippen molar-refractivity contribution < 1.29 is 8.42 Å². The number of fused-ring (bicyclic) bond motifs is 1. The van der Waals surface area contributed by atoms with Gasteiger partial charge in [0.2, 0.25) is 0 Å². The van der Waals surface area contributed by atoms with Crippen LogP contribution in [0, 0.1) is 6.92 Å². The molecule has 0 aliphatic rings. The molecule has 4 aromatic rings. The molecular formula is C19H15BrN4O2S. The predicted octanol–water partition coefficient (Wildman–Crippen LogP) is 4.48. The van der Waals surface area contributed by atoms with Crippen molar-refractivity contribution in [2.45, 2.75) is 11.8 Å². The van der Waals surface area contributed by atoms with Crippen LogP contribution < -0.4 is 5.32 Å². The molecular weight excluding hydrogens is 428 g/mol. The van der Waals surface area contributed by atoms with Gasteiger partial charge in [0.05, 0.1) is 11.1 Å². The third-order valence-corrected chi connectivity index (χ3v) is 6.20. The molecule has 27 heavy (non-hydrogen) atoms. The maximum atomic E-state index is 12.9. The number of rotatable bonds is 4. The van der Waals surface area contributed by atoms with Crippen LogP contribution in [-0.2, 0) is 10.0 Å². The van der Waals surface area contributed by atoms with Crippen LogP contribution >= 0.6 is 15.9 Å². The number of pyridine rings is 1.